The van der Waals surface area contributed by atoms with Gasteiger partial charge in [-0.15, -0.1) is 0 Å². The van der Waals surface area contributed by atoms with Crippen molar-refractivity contribution in [1.82, 2.24) is 0 Å². The fraction of sp³-hybridized carbons (Fsp3) is 0.235. The Kier molecular flexibility index (Phi) is 4.82. The molecule has 0 fully saturated rings. The summed E-state index contributed by atoms with van der Waals surface area (Å²) in [5.41, 5.74) is 7.86. The number of nitrogen functional groups attached to an aromatic ring is 1. The van der Waals surface area contributed by atoms with Crippen LogP contribution in [0.3, 0.4) is 0 Å². The van der Waals surface area contributed by atoms with Gasteiger partial charge >= 0.3 is 5.97 Å². The molecule has 1 unspecified atom stereocenters. The Hall–Kier alpha value is -2.49. The van der Waals surface area contributed by atoms with E-state index in [9.17, 15) is 4.79 Å². The zero-order chi connectivity index (χ0) is 15.2. The fourth-order valence-electron chi connectivity index (χ4n) is 1.98. The van der Waals surface area contributed by atoms with Crippen molar-refractivity contribution in [2.45, 2.75) is 20.0 Å². The van der Waals surface area contributed by atoms with Crippen molar-refractivity contribution in [3.63, 3.8) is 0 Å². The Morgan fingerprint density at radius 3 is 2.52 bits per heavy atom. The first-order chi connectivity index (χ1) is 10.1. The third-order valence-corrected chi connectivity index (χ3v) is 3.09. The highest BCUT2D eigenvalue weighted by molar-refractivity contribution is 5.91. The summed E-state index contributed by atoms with van der Waals surface area (Å²) >= 11 is 0. The summed E-state index contributed by atoms with van der Waals surface area (Å²) in [4.78, 5) is 11.6. The molecule has 21 heavy (non-hydrogen) atoms. The fourth-order valence-corrected chi connectivity index (χ4v) is 1.98. The lowest BCUT2D eigenvalue weighted by Crippen LogP contribution is -2.08. The first-order valence-corrected chi connectivity index (χ1v) is 6.90. The van der Waals surface area contributed by atoms with Crippen LogP contribution in [0.25, 0.3) is 0 Å². The molecule has 1 atom stereocenters. The van der Waals surface area contributed by atoms with Crippen LogP contribution in [0.1, 0.15) is 35.9 Å². The number of anilines is 1. The third-order valence-electron chi connectivity index (χ3n) is 3.09. The predicted molar refractivity (Wildman–Crippen MR) is 82.3 cm³/mol. The first kappa shape index (κ1) is 14.9. The van der Waals surface area contributed by atoms with Gasteiger partial charge in [0.25, 0.3) is 0 Å². The second kappa shape index (κ2) is 6.79. The smallest absolute Gasteiger partial charge is 0.338 e. The van der Waals surface area contributed by atoms with Crippen molar-refractivity contribution in [2.75, 3.05) is 12.3 Å². The quantitative estimate of drug-likeness (QED) is 0.673. The zero-order valence-electron chi connectivity index (χ0n) is 12.2. The van der Waals surface area contributed by atoms with Crippen molar-refractivity contribution in [2.24, 2.45) is 0 Å². The maximum Gasteiger partial charge on any atom is 0.338 e. The first-order valence-electron chi connectivity index (χ1n) is 6.90. The van der Waals surface area contributed by atoms with E-state index in [2.05, 4.69) is 0 Å². The largest absolute Gasteiger partial charge is 0.484 e. The van der Waals surface area contributed by atoms with Crippen molar-refractivity contribution >= 4 is 11.7 Å². The van der Waals surface area contributed by atoms with Gasteiger partial charge in [-0.1, -0.05) is 30.3 Å². The molecular formula is C17H19NO3. The number of hydrogen-bond donors (Lipinski definition) is 1. The Bertz CT molecular complexity index is 611. The number of carbonyl (C=O) groups excluding carboxylic acids is 1. The summed E-state index contributed by atoms with van der Waals surface area (Å²) in [5, 5.41) is 0. The maximum absolute atomic E-state index is 11.6. The van der Waals surface area contributed by atoms with E-state index in [1.807, 2.05) is 37.3 Å². The van der Waals surface area contributed by atoms with Gasteiger partial charge in [0.2, 0.25) is 0 Å². The van der Waals surface area contributed by atoms with Gasteiger partial charge in [-0.3, -0.25) is 0 Å². The number of benzene rings is 2. The molecule has 0 bridgehead atoms. The van der Waals surface area contributed by atoms with E-state index in [1.165, 1.54) is 0 Å². The number of hydrogen-bond acceptors (Lipinski definition) is 4. The minimum atomic E-state index is -0.383. The van der Waals surface area contributed by atoms with Gasteiger partial charge in [-0.2, -0.15) is 0 Å². The highest BCUT2D eigenvalue weighted by Gasteiger charge is 2.12. The van der Waals surface area contributed by atoms with Gasteiger partial charge in [-0.25, -0.2) is 4.79 Å². The summed E-state index contributed by atoms with van der Waals surface area (Å²) in [6.45, 7) is 4.05. The molecule has 0 aliphatic carbocycles. The van der Waals surface area contributed by atoms with Crippen molar-refractivity contribution < 1.29 is 14.3 Å². The lowest BCUT2D eigenvalue weighted by Gasteiger charge is -2.17. The van der Waals surface area contributed by atoms with Crippen molar-refractivity contribution in [1.29, 1.82) is 0 Å². The molecule has 0 heterocycles. The van der Waals surface area contributed by atoms with Crippen LogP contribution in [0, 0.1) is 0 Å². The van der Waals surface area contributed by atoms with Crippen LogP contribution in [-0.4, -0.2) is 12.6 Å². The number of rotatable bonds is 5. The minimum absolute atomic E-state index is 0.123. The molecule has 4 nitrogen and oxygen atoms in total. The molecule has 0 saturated heterocycles. The predicted octanol–water partition coefficient (Wildman–Crippen LogP) is 3.59. The molecule has 110 valence electrons. The summed E-state index contributed by atoms with van der Waals surface area (Å²) < 4.78 is 10.8. The molecule has 2 rings (SSSR count). The molecule has 0 aliphatic heterocycles. The Morgan fingerprint density at radius 2 is 1.90 bits per heavy atom. The van der Waals surface area contributed by atoms with E-state index in [0.717, 1.165) is 5.56 Å². The van der Waals surface area contributed by atoms with E-state index in [0.29, 0.717) is 23.6 Å². The topological polar surface area (TPSA) is 61.5 Å². The zero-order valence-corrected chi connectivity index (χ0v) is 12.2. The van der Waals surface area contributed by atoms with Gasteiger partial charge in [0.1, 0.15) is 11.9 Å². The van der Waals surface area contributed by atoms with Gasteiger partial charge in [0.15, 0.2) is 0 Å². The molecule has 2 aromatic carbocycles. The van der Waals surface area contributed by atoms with E-state index in [4.69, 9.17) is 15.2 Å². The molecule has 4 heteroatoms. The van der Waals surface area contributed by atoms with Crippen LogP contribution in [0.2, 0.25) is 0 Å². The third kappa shape index (κ3) is 3.75. The molecule has 0 radical (unpaired) electrons. The maximum atomic E-state index is 11.6. The average Bonchev–Trinajstić information content (AvgIpc) is 2.50. The van der Waals surface area contributed by atoms with Gasteiger partial charge in [0.05, 0.1) is 17.9 Å². The molecule has 0 amide bonds. The van der Waals surface area contributed by atoms with Crippen LogP contribution in [0.15, 0.2) is 48.5 Å². The Labute approximate surface area is 124 Å². The number of nitrogens with two attached hydrogens (primary N) is 1. The normalized spacial score (nSPS) is 11.7. The summed E-state index contributed by atoms with van der Waals surface area (Å²) in [6.07, 6.45) is -0.123. The van der Waals surface area contributed by atoms with E-state index in [1.54, 1.807) is 25.1 Å². The molecular weight excluding hydrogens is 266 g/mol. The van der Waals surface area contributed by atoms with E-state index < -0.39 is 0 Å². The molecule has 2 N–H and O–H groups in total. The number of ether oxygens (including phenoxy) is 2. The minimum Gasteiger partial charge on any atom is -0.484 e. The molecule has 0 spiro atoms. The SMILES string of the molecule is CCOC(=O)c1ccc(OC(C)c2ccccc2)c(N)c1. The lowest BCUT2D eigenvalue weighted by molar-refractivity contribution is 0.0526. The standard InChI is InChI=1S/C17H19NO3/c1-3-20-17(19)14-9-10-16(15(18)11-14)21-12(2)13-7-5-4-6-8-13/h4-12H,3,18H2,1-2H3. The second-order valence-corrected chi connectivity index (χ2v) is 4.64. The van der Waals surface area contributed by atoms with Crippen molar-refractivity contribution in [3.8, 4) is 5.75 Å². The molecule has 0 aromatic heterocycles. The van der Waals surface area contributed by atoms with Crippen LogP contribution in [-0.2, 0) is 4.74 Å². The molecule has 0 aliphatic rings. The number of esters is 1. The van der Waals surface area contributed by atoms with Crippen LogP contribution in [0.4, 0.5) is 5.69 Å². The van der Waals surface area contributed by atoms with Gasteiger partial charge in [0, 0.05) is 0 Å². The second-order valence-electron chi connectivity index (χ2n) is 4.64. The summed E-state index contributed by atoms with van der Waals surface area (Å²) in [6, 6.07) is 14.8. The van der Waals surface area contributed by atoms with Crippen LogP contribution in [0.5, 0.6) is 5.75 Å². The molecule has 2 aromatic rings. The Morgan fingerprint density at radius 1 is 1.19 bits per heavy atom. The summed E-state index contributed by atoms with van der Waals surface area (Å²) in [7, 11) is 0. The highest BCUT2D eigenvalue weighted by atomic mass is 16.5. The van der Waals surface area contributed by atoms with Crippen LogP contribution < -0.4 is 10.5 Å². The van der Waals surface area contributed by atoms with E-state index in [-0.39, 0.29) is 12.1 Å². The van der Waals surface area contributed by atoms with Crippen molar-refractivity contribution in [3.05, 3.63) is 59.7 Å². The Balaban J connectivity index is 2.13. The molecule has 0 saturated carbocycles. The van der Waals surface area contributed by atoms with Crippen LogP contribution >= 0.6 is 0 Å². The summed E-state index contributed by atoms with van der Waals surface area (Å²) in [5.74, 6) is 0.172. The van der Waals surface area contributed by atoms with E-state index >= 15 is 0 Å². The number of carbonyl (C=O) groups is 1. The lowest BCUT2D eigenvalue weighted by atomic mass is 10.1. The van der Waals surface area contributed by atoms with Gasteiger partial charge in [-0.05, 0) is 37.6 Å². The highest BCUT2D eigenvalue weighted by Crippen LogP contribution is 2.28. The monoisotopic (exact) mass is 285 g/mol. The average molecular weight is 285 g/mol. The van der Waals surface area contributed by atoms with Gasteiger partial charge < -0.3 is 15.2 Å².